The molecule has 2 aromatic carbocycles. The predicted octanol–water partition coefficient (Wildman–Crippen LogP) is 2.49. The molecule has 0 bridgehead atoms. The van der Waals surface area contributed by atoms with Crippen LogP contribution in [0.2, 0.25) is 5.02 Å². The highest BCUT2D eigenvalue weighted by molar-refractivity contribution is 7.89. The molecule has 1 aliphatic heterocycles. The highest BCUT2D eigenvalue weighted by atomic mass is 35.5. The second kappa shape index (κ2) is 8.89. The van der Waals surface area contributed by atoms with Crippen LogP contribution in [0.25, 0.3) is 0 Å². The van der Waals surface area contributed by atoms with Crippen molar-refractivity contribution >= 4 is 27.5 Å². The summed E-state index contributed by atoms with van der Waals surface area (Å²) in [5.74, 6) is 0.877. The lowest BCUT2D eigenvalue weighted by molar-refractivity contribution is 0.0950. The maximum Gasteiger partial charge on any atom is 0.256 e. The summed E-state index contributed by atoms with van der Waals surface area (Å²) in [6.45, 7) is -0.0164. The molecule has 1 atom stereocenters. The molecular formula is C19H21ClN2O6S. The van der Waals surface area contributed by atoms with Crippen LogP contribution < -0.4 is 24.2 Å². The van der Waals surface area contributed by atoms with Gasteiger partial charge in [0.05, 0.1) is 33.1 Å². The number of amides is 1. The van der Waals surface area contributed by atoms with Crippen molar-refractivity contribution in [2.24, 2.45) is 0 Å². The van der Waals surface area contributed by atoms with Gasteiger partial charge in [0, 0.05) is 23.1 Å². The lowest BCUT2D eigenvalue weighted by atomic mass is 10.1. The van der Waals surface area contributed by atoms with Crippen LogP contribution in [-0.4, -0.2) is 41.8 Å². The Morgan fingerprint density at radius 1 is 1.21 bits per heavy atom. The third kappa shape index (κ3) is 4.75. The van der Waals surface area contributed by atoms with Crippen LogP contribution in [0.4, 0.5) is 0 Å². The Morgan fingerprint density at radius 3 is 2.72 bits per heavy atom. The molecule has 2 aromatic rings. The summed E-state index contributed by atoms with van der Waals surface area (Å²) in [5.41, 5.74) is 0.759. The van der Waals surface area contributed by atoms with Gasteiger partial charge in [0.25, 0.3) is 5.91 Å². The maximum absolute atomic E-state index is 12.8. The number of carbonyl (C=O) groups excluding carboxylic acids is 1. The zero-order valence-corrected chi connectivity index (χ0v) is 17.5. The number of sulfonamides is 1. The van der Waals surface area contributed by atoms with Crippen molar-refractivity contribution in [1.29, 1.82) is 0 Å². The van der Waals surface area contributed by atoms with Crippen molar-refractivity contribution < 1.29 is 27.4 Å². The molecule has 0 saturated carbocycles. The van der Waals surface area contributed by atoms with E-state index in [0.717, 1.165) is 0 Å². The molecule has 1 heterocycles. The fourth-order valence-corrected chi connectivity index (χ4v) is 4.64. The lowest BCUT2D eigenvalue weighted by Gasteiger charge is -2.26. The Kier molecular flexibility index (Phi) is 6.51. The Balaban J connectivity index is 1.69. The fraction of sp³-hybridized carbons (Fsp3) is 0.316. The normalized spacial score (nSPS) is 15.8. The van der Waals surface area contributed by atoms with Crippen LogP contribution in [-0.2, 0) is 10.0 Å². The van der Waals surface area contributed by atoms with Crippen LogP contribution in [0.5, 0.6) is 17.2 Å². The molecule has 0 saturated heterocycles. The SMILES string of the molecule is COc1ccc2c(c1)OCCC2S(=O)(=O)NCNC(=O)c1cc(Cl)ccc1OC. The molecule has 1 amide bonds. The van der Waals surface area contributed by atoms with Gasteiger partial charge in [0.2, 0.25) is 10.0 Å². The molecule has 0 aliphatic carbocycles. The number of benzene rings is 2. The van der Waals surface area contributed by atoms with Gasteiger partial charge in [-0.05, 0) is 24.3 Å². The van der Waals surface area contributed by atoms with E-state index >= 15 is 0 Å². The molecule has 2 N–H and O–H groups in total. The smallest absolute Gasteiger partial charge is 0.256 e. The standard InChI is InChI=1S/C19H21ClN2O6S/c1-26-13-4-5-14-17(10-13)28-8-7-18(14)29(24,25)22-11-21-19(23)15-9-12(20)3-6-16(15)27-2/h3-6,9-10,18,22H,7-8,11H2,1-2H3,(H,21,23). The van der Waals surface area contributed by atoms with Crippen molar-refractivity contribution in [3.05, 3.63) is 52.5 Å². The molecule has 10 heteroatoms. The van der Waals surface area contributed by atoms with Crippen LogP contribution in [0.3, 0.4) is 0 Å². The number of fused-ring (bicyclic) bond motifs is 1. The Labute approximate surface area is 174 Å². The monoisotopic (exact) mass is 440 g/mol. The summed E-state index contributed by atoms with van der Waals surface area (Å²) < 4.78 is 43.9. The lowest BCUT2D eigenvalue weighted by Crippen LogP contribution is -2.40. The number of hydrogen-bond donors (Lipinski definition) is 2. The third-order valence-corrected chi connectivity index (χ3v) is 6.53. The van der Waals surface area contributed by atoms with E-state index in [0.29, 0.717) is 34.3 Å². The van der Waals surface area contributed by atoms with Crippen LogP contribution in [0.15, 0.2) is 36.4 Å². The highest BCUT2D eigenvalue weighted by Crippen LogP contribution is 2.38. The number of nitrogens with one attached hydrogen (secondary N) is 2. The Morgan fingerprint density at radius 2 is 2.00 bits per heavy atom. The van der Waals surface area contributed by atoms with Crippen molar-refractivity contribution in [1.82, 2.24) is 10.0 Å². The van der Waals surface area contributed by atoms with E-state index in [1.807, 2.05) is 0 Å². The Hall–Kier alpha value is -2.49. The quantitative estimate of drug-likeness (QED) is 0.641. The third-order valence-electron chi connectivity index (χ3n) is 4.51. The zero-order valence-electron chi connectivity index (χ0n) is 15.9. The zero-order chi connectivity index (χ0) is 21.0. The van der Waals surface area contributed by atoms with E-state index in [2.05, 4.69) is 10.0 Å². The van der Waals surface area contributed by atoms with Gasteiger partial charge >= 0.3 is 0 Å². The molecule has 0 fully saturated rings. The van der Waals surface area contributed by atoms with Gasteiger partial charge in [-0.2, -0.15) is 4.72 Å². The number of rotatable bonds is 7. The maximum atomic E-state index is 12.8. The molecule has 3 rings (SSSR count). The second-order valence-corrected chi connectivity index (χ2v) is 8.63. The number of ether oxygens (including phenoxy) is 3. The summed E-state index contributed by atoms with van der Waals surface area (Å²) in [7, 11) is -0.804. The van der Waals surface area contributed by atoms with Gasteiger partial charge in [-0.25, -0.2) is 8.42 Å². The summed E-state index contributed by atoms with van der Waals surface area (Å²) in [6.07, 6.45) is 0.296. The van der Waals surface area contributed by atoms with Gasteiger partial charge < -0.3 is 19.5 Å². The first-order valence-electron chi connectivity index (χ1n) is 8.76. The van der Waals surface area contributed by atoms with E-state index in [1.54, 1.807) is 30.3 Å². The van der Waals surface area contributed by atoms with E-state index in [-0.39, 0.29) is 18.8 Å². The van der Waals surface area contributed by atoms with Gasteiger partial charge in [-0.15, -0.1) is 0 Å². The van der Waals surface area contributed by atoms with Crippen molar-refractivity contribution in [2.45, 2.75) is 11.7 Å². The van der Waals surface area contributed by atoms with Crippen molar-refractivity contribution in [2.75, 3.05) is 27.5 Å². The second-order valence-electron chi connectivity index (χ2n) is 6.25. The minimum absolute atomic E-state index is 0.211. The topological polar surface area (TPSA) is 103 Å². The van der Waals surface area contributed by atoms with E-state index in [9.17, 15) is 13.2 Å². The average Bonchev–Trinajstić information content (AvgIpc) is 2.72. The molecule has 0 radical (unpaired) electrons. The predicted molar refractivity (Wildman–Crippen MR) is 108 cm³/mol. The molecule has 29 heavy (non-hydrogen) atoms. The minimum atomic E-state index is -3.76. The summed E-state index contributed by atoms with van der Waals surface area (Å²) in [5, 5.41) is 2.09. The van der Waals surface area contributed by atoms with Crippen LogP contribution in [0, 0.1) is 0 Å². The fourth-order valence-electron chi connectivity index (χ4n) is 3.06. The number of carbonyl (C=O) groups is 1. The van der Waals surface area contributed by atoms with E-state index in [1.165, 1.54) is 20.3 Å². The summed E-state index contributed by atoms with van der Waals surface area (Å²) in [4.78, 5) is 12.4. The molecule has 1 aliphatic rings. The number of methoxy groups -OCH3 is 2. The molecule has 1 unspecified atom stereocenters. The van der Waals surface area contributed by atoms with E-state index in [4.69, 9.17) is 25.8 Å². The van der Waals surface area contributed by atoms with Gasteiger partial charge in [-0.1, -0.05) is 17.7 Å². The molecule has 156 valence electrons. The first kappa shape index (κ1) is 21.2. The molecule has 0 aromatic heterocycles. The summed E-state index contributed by atoms with van der Waals surface area (Å²) in [6, 6.07) is 9.62. The number of hydrogen-bond acceptors (Lipinski definition) is 6. The molecule has 8 nitrogen and oxygen atoms in total. The van der Waals surface area contributed by atoms with Crippen molar-refractivity contribution in [3.8, 4) is 17.2 Å². The number of halogens is 1. The molecular weight excluding hydrogens is 420 g/mol. The molecule has 0 spiro atoms. The van der Waals surface area contributed by atoms with E-state index < -0.39 is 21.2 Å². The van der Waals surface area contributed by atoms with Crippen LogP contribution in [0.1, 0.15) is 27.6 Å². The first-order chi connectivity index (χ1) is 13.9. The van der Waals surface area contributed by atoms with Crippen molar-refractivity contribution in [3.63, 3.8) is 0 Å². The van der Waals surface area contributed by atoms with Crippen LogP contribution >= 0.6 is 11.6 Å². The summed E-state index contributed by atoms with van der Waals surface area (Å²) >= 11 is 5.93. The van der Waals surface area contributed by atoms with Gasteiger partial charge in [0.15, 0.2) is 0 Å². The first-order valence-corrected chi connectivity index (χ1v) is 10.7. The minimum Gasteiger partial charge on any atom is -0.497 e. The largest absolute Gasteiger partial charge is 0.497 e. The highest BCUT2D eigenvalue weighted by Gasteiger charge is 2.33. The Bertz CT molecular complexity index is 1010. The van der Waals surface area contributed by atoms with Gasteiger partial charge in [0.1, 0.15) is 22.5 Å². The van der Waals surface area contributed by atoms with Gasteiger partial charge in [-0.3, -0.25) is 4.79 Å². The average molecular weight is 441 g/mol.